The number of ether oxygens (including phenoxy) is 2. The van der Waals surface area contributed by atoms with E-state index < -0.39 is 29.4 Å². The van der Waals surface area contributed by atoms with E-state index in [1.165, 1.54) is 12.1 Å². The fraction of sp³-hybridized carbons (Fsp3) is 0.545. The van der Waals surface area contributed by atoms with Crippen molar-refractivity contribution in [3.8, 4) is 11.1 Å². The summed E-state index contributed by atoms with van der Waals surface area (Å²) in [6, 6.07) is 13.3. The van der Waals surface area contributed by atoms with E-state index in [4.69, 9.17) is 20.3 Å². The van der Waals surface area contributed by atoms with Crippen LogP contribution in [0, 0.1) is 11.2 Å². The zero-order chi connectivity index (χ0) is 54.0. The lowest BCUT2D eigenvalue weighted by atomic mass is 9.85. The monoisotopic (exact) mass is 1040 g/mol. The minimum atomic E-state index is -0.863. The molecule has 3 aliphatic rings. The number of nitrogens with zero attached hydrogens (tertiary/aromatic N) is 7. The van der Waals surface area contributed by atoms with Crippen molar-refractivity contribution >= 4 is 41.0 Å². The van der Waals surface area contributed by atoms with E-state index in [0.29, 0.717) is 74.9 Å². The first kappa shape index (κ1) is 56.3. The van der Waals surface area contributed by atoms with Gasteiger partial charge >= 0.3 is 0 Å². The number of nitrogen functional groups attached to an aromatic ring is 1. The second-order valence-corrected chi connectivity index (χ2v) is 21.0. The second kappa shape index (κ2) is 25.4. The average molecular weight is 1040 g/mol. The number of likely N-dealkylation sites (N-methyl/N-ethyl adjacent to an activating group) is 2. The topological polar surface area (TPSA) is 222 Å². The van der Waals surface area contributed by atoms with Gasteiger partial charge in [-0.3, -0.25) is 28.7 Å². The quantitative estimate of drug-likeness (QED) is 0.0730. The molecule has 2 saturated heterocycles. The third-order valence-electron chi connectivity index (χ3n) is 14.6. The Morgan fingerprint density at radius 3 is 2.47 bits per heavy atom. The van der Waals surface area contributed by atoms with Crippen LogP contribution in [0.15, 0.2) is 67.0 Å². The molecule has 3 aliphatic heterocycles. The molecule has 0 saturated carbocycles. The Bertz CT molecular complexity index is 2630. The summed E-state index contributed by atoms with van der Waals surface area (Å²) in [7, 11) is 5.14. The van der Waals surface area contributed by atoms with Crippen molar-refractivity contribution in [1.29, 1.82) is 0 Å². The van der Waals surface area contributed by atoms with Gasteiger partial charge in [-0.15, -0.1) is 0 Å². The minimum Gasteiger partial charge on any atom is -0.382 e. The van der Waals surface area contributed by atoms with E-state index in [0.717, 1.165) is 35.2 Å². The van der Waals surface area contributed by atoms with Crippen molar-refractivity contribution in [2.75, 3.05) is 84.4 Å². The molecule has 0 radical (unpaired) electrons. The predicted molar refractivity (Wildman–Crippen MR) is 285 cm³/mol. The van der Waals surface area contributed by atoms with Gasteiger partial charge in [-0.25, -0.2) is 9.37 Å². The molecule has 2 bridgehead atoms. The maximum absolute atomic E-state index is 14.7. The molecule has 2 aromatic carbocycles. The van der Waals surface area contributed by atoms with Gasteiger partial charge in [-0.05, 0) is 80.5 Å². The number of amides is 5. The second-order valence-electron chi connectivity index (χ2n) is 21.0. The Morgan fingerprint density at radius 2 is 1.75 bits per heavy atom. The summed E-state index contributed by atoms with van der Waals surface area (Å²) in [5.41, 5.74) is 10.8. The summed E-state index contributed by atoms with van der Waals surface area (Å²) >= 11 is 0. The molecule has 0 spiro atoms. The highest BCUT2D eigenvalue weighted by atomic mass is 19.1. The number of hydrogen-bond acceptors (Lipinski definition) is 13. The molecule has 2 aromatic heterocycles. The van der Waals surface area contributed by atoms with Gasteiger partial charge in [0.15, 0.2) is 0 Å². The number of likely N-dealkylation sites (tertiary alicyclic amines) is 1. The van der Waals surface area contributed by atoms with Gasteiger partial charge < -0.3 is 56.1 Å². The number of hydrogen-bond donors (Lipinski definition) is 5. The van der Waals surface area contributed by atoms with Gasteiger partial charge in [0.2, 0.25) is 23.6 Å². The highest BCUT2D eigenvalue weighted by Gasteiger charge is 2.45. The van der Waals surface area contributed by atoms with Gasteiger partial charge in [0.05, 0.1) is 75.4 Å². The van der Waals surface area contributed by atoms with Crippen molar-refractivity contribution in [3.63, 3.8) is 0 Å². The van der Waals surface area contributed by atoms with Crippen molar-refractivity contribution in [2.24, 2.45) is 5.41 Å². The molecule has 75 heavy (non-hydrogen) atoms. The lowest BCUT2D eigenvalue weighted by molar-refractivity contribution is -0.144. The third-order valence-corrected chi connectivity index (χ3v) is 14.6. The SMILES string of the molecule is CC[C@H](NC(=O)[C@H]1C[C@@H](NCCOCCOCCC(=O)N(C)CCn2cc3c(n2)CN(C)C(=O)c2ccc(F)cc2[C@H]2CCCN2c2cc-3cnc2N)CN1C(=O)C(NC(=O)[C@@H](C)NC)C(C)(C)C)c1ccccc1. The van der Waals surface area contributed by atoms with Gasteiger partial charge in [0.25, 0.3) is 5.91 Å². The Kier molecular flexibility index (Phi) is 19.0. The highest BCUT2D eigenvalue weighted by Crippen LogP contribution is 2.42. The summed E-state index contributed by atoms with van der Waals surface area (Å²) < 4.78 is 28.1. The molecule has 5 amide bonds. The first-order valence-electron chi connectivity index (χ1n) is 26.3. The number of benzene rings is 2. The van der Waals surface area contributed by atoms with Crippen LogP contribution in [0.5, 0.6) is 0 Å². The van der Waals surface area contributed by atoms with E-state index in [2.05, 4.69) is 31.2 Å². The number of carbonyl (C=O) groups is 5. The van der Waals surface area contributed by atoms with Crippen LogP contribution in [0.4, 0.5) is 15.9 Å². The fourth-order valence-corrected chi connectivity index (χ4v) is 10.1. The molecule has 406 valence electrons. The largest absolute Gasteiger partial charge is 0.382 e. The van der Waals surface area contributed by atoms with Gasteiger partial charge in [-0.1, -0.05) is 58.0 Å². The number of fused-ring (bicyclic) bond motifs is 8. The van der Waals surface area contributed by atoms with Crippen LogP contribution >= 0.6 is 0 Å². The maximum Gasteiger partial charge on any atom is 0.254 e. The van der Waals surface area contributed by atoms with Gasteiger partial charge in [0, 0.05) is 75.4 Å². The molecule has 20 heteroatoms. The average Bonchev–Trinajstić information content (AvgIpc) is 4.17. The van der Waals surface area contributed by atoms with Crippen molar-refractivity contribution in [1.82, 2.24) is 50.7 Å². The normalized spacial score (nSPS) is 18.8. The van der Waals surface area contributed by atoms with Gasteiger partial charge in [-0.2, -0.15) is 5.10 Å². The number of carbonyl (C=O) groups excluding carboxylic acids is 5. The fourth-order valence-electron chi connectivity index (χ4n) is 10.1. The number of anilines is 2. The Labute approximate surface area is 440 Å². The Hall–Kier alpha value is -6.48. The molecular formula is C55H77FN12O7. The molecule has 6 atom stereocenters. The zero-order valence-electron chi connectivity index (χ0n) is 44.9. The molecule has 5 heterocycles. The van der Waals surface area contributed by atoms with E-state index in [1.807, 2.05) is 70.3 Å². The van der Waals surface area contributed by atoms with Crippen LogP contribution in [-0.4, -0.2) is 157 Å². The summed E-state index contributed by atoms with van der Waals surface area (Å²) in [4.78, 5) is 80.2. The van der Waals surface area contributed by atoms with Crippen molar-refractivity contribution < 1.29 is 37.8 Å². The summed E-state index contributed by atoms with van der Waals surface area (Å²) in [5.74, 6) is -1.24. The van der Waals surface area contributed by atoms with Crippen molar-refractivity contribution in [3.05, 3.63) is 95.2 Å². The van der Waals surface area contributed by atoms with Crippen LogP contribution < -0.4 is 31.9 Å². The van der Waals surface area contributed by atoms with E-state index in [-0.39, 0.29) is 80.4 Å². The number of nitrogens with one attached hydrogen (secondary N) is 4. The number of nitrogens with two attached hydrogens (primary N) is 1. The summed E-state index contributed by atoms with van der Waals surface area (Å²) in [5, 5.41) is 17.4. The van der Waals surface area contributed by atoms with Crippen LogP contribution in [-0.2, 0) is 41.7 Å². The van der Waals surface area contributed by atoms with Crippen molar-refractivity contribution in [2.45, 2.75) is 116 Å². The molecular weight excluding hydrogens is 960 g/mol. The molecule has 2 fully saturated rings. The lowest BCUT2D eigenvalue weighted by Crippen LogP contribution is -2.59. The molecule has 7 rings (SSSR count). The van der Waals surface area contributed by atoms with Gasteiger partial charge in [0.1, 0.15) is 23.7 Å². The molecule has 1 unspecified atom stereocenters. The smallest absolute Gasteiger partial charge is 0.254 e. The maximum atomic E-state index is 14.7. The van der Waals surface area contributed by atoms with E-state index in [9.17, 15) is 28.4 Å². The molecule has 4 aromatic rings. The minimum absolute atomic E-state index is 0.0934. The van der Waals surface area contributed by atoms with Crippen LogP contribution in [0.3, 0.4) is 0 Å². The zero-order valence-corrected chi connectivity index (χ0v) is 44.9. The molecule has 6 N–H and O–H groups in total. The van der Waals surface area contributed by atoms with Crippen LogP contribution in [0.1, 0.15) is 106 Å². The number of halogens is 1. The third kappa shape index (κ3) is 13.9. The van der Waals surface area contributed by atoms with E-state index >= 15 is 0 Å². The predicted octanol–water partition coefficient (Wildman–Crippen LogP) is 4.44. The summed E-state index contributed by atoms with van der Waals surface area (Å²) in [6.45, 7) is 13.0. The van der Waals surface area contributed by atoms with Crippen LogP contribution in [0.2, 0.25) is 0 Å². The number of pyridine rings is 1. The van der Waals surface area contributed by atoms with E-state index in [1.54, 1.807) is 59.7 Å². The Morgan fingerprint density at radius 1 is 1.00 bits per heavy atom. The first-order valence-corrected chi connectivity index (χ1v) is 26.3. The van der Waals surface area contributed by atoms with Crippen LogP contribution in [0.25, 0.3) is 11.1 Å². The first-order chi connectivity index (χ1) is 35.9. The lowest BCUT2D eigenvalue weighted by Gasteiger charge is -2.36. The standard InChI is InChI=1S/C55H77FN12O7/c1-9-43(36-14-11-10-12-15-36)61-52(71)47-30-39(32-68(47)54(73)49(55(3,4)5)62-51(70)35(2)58-6)59-20-25-75-27-26-74-24-19-48(69)64(7)22-23-66-33-42-37-28-46(50(57)60-31-37)67-21-13-16-45(67)41-29-38(56)17-18-40(41)53(72)65(8)34-44(42)63-66/h10-12,14-15,17-18,28-29,31,33,35,39,43,45,47,49,58-59H,9,13,16,19-27,30,32,34H2,1-8H3,(H2,57,60)(H,61,71)(H,62,70)/t35-,39-,43+,45-,47-,49?/m1/s1. The molecule has 0 aliphatic carbocycles. The number of rotatable bonds is 21. The number of aromatic nitrogens is 3. The molecule has 19 nitrogen and oxygen atoms in total. The Balaban J connectivity index is 0.873. The highest BCUT2D eigenvalue weighted by molar-refractivity contribution is 5.96. The summed E-state index contributed by atoms with van der Waals surface area (Å²) in [6.07, 6.45) is 6.43.